The van der Waals surface area contributed by atoms with Gasteiger partial charge in [-0.15, -0.1) is 5.10 Å². The third-order valence-electron chi connectivity index (χ3n) is 3.01. The predicted molar refractivity (Wildman–Crippen MR) is 63.7 cm³/mol. The second kappa shape index (κ2) is 5.46. The summed E-state index contributed by atoms with van der Waals surface area (Å²) in [5, 5.41) is 7.99. The molecule has 0 amide bonds. The maximum atomic E-state index is 5.70. The van der Waals surface area contributed by atoms with Crippen LogP contribution in [0.3, 0.4) is 0 Å². The average molecular weight is 240 g/mol. The van der Waals surface area contributed by atoms with Gasteiger partial charge in [-0.25, -0.2) is 0 Å². The van der Waals surface area contributed by atoms with Crippen LogP contribution in [0.4, 0.5) is 6.01 Å². The summed E-state index contributed by atoms with van der Waals surface area (Å²) < 4.78 is 10.7. The van der Waals surface area contributed by atoms with Crippen LogP contribution >= 0.6 is 0 Å². The molecule has 2 rings (SSSR count). The zero-order valence-electron chi connectivity index (χ0n) is 10.4. The molecule has 0 radical (unpaired) electrons. The summed E-state index contributed by atoms with van der Waals surface area (Å²) in [5.41, 5.74) is 5.70. The molecule has 96 valence electrons. The van der Waals surface area contributed by atoms with Crippen LogP contribution in [0.2, 0.25) is 0 Å². The maximum absolute atomic E-state index is 5.70. The molecule has 1 aliphatic rings. The Morgan fingerprint density at radius 1 is 1.59 bits per heavy atom. The van der Waals surface area contributed by atoms with Crippen LogP contribution in [0.15, 0.2) is 4.42 Å². The second-order valence-electron chi connectivity index (χ2n) is 4.62. The molecule has 1 fully saturated rings. The van der Waals surface area contributed by atoms with Crippen LogP contribution in [0, 0.1) is 5.92 Å². The average Bonchev–Trinajstić information content (AvgIpc) is 2.79. The van der Waals surface area contributed by atoms with E-state index in [1.54, 1.807) is 7.11 Å². The highest BCUT2D eigenvalue weighted by molar-refractivity contribution is 5.25. The lowest BCUT2D eigenvalue weighted by Crippen LogP contribution is -2.37. The van der Waals surface area contributed by atoms with Gasteiger partial charge in [-0.1, -0.05) is 5.10 Å². The Morgan fingerprint density at radius 3 is 3.06 bits per heavy atom. The lowest BCUT2D eigenvalue weighted by Gasteiger charge is -2.30. The van der Waals surface area contributed by atoms with Gasteiger partial charge in [0, 0.05) is 26.1 Å². The molecular weight excluding hydrogens is 220 g/mol. The van der Waals surface area contributed by atoms with Crippen molar-refractivity contribution in [1.82, 2.24) is 10.2 Å². The Balaban J connectivity index is 2.00. The third-order valence-corrected chi connectivity index (χ3v) is 3.01. The molecule has 2 heterocycles. The van der Waals surface area contributed by atoms with E-state index in [4.69, 9.17) is 14.9 Å². The number of piperidine rings is 1. The summed E-state index contributed by atoms with van der Waals surface area (Å²) in [6.45, 7) is 4.49. The highest BCUT2D eigenvalue weighted by atomic mass is 16.5. The molecule has 2 N–H and O–H groups in total. The Bertz CT molecular complexity index is 351. The summed E-state index contributed by atoms with van der Waals surface area (Å²) in [7, 11) is 1.74. The van der Waals surface area contributed by atoms with Gasteiger partial charge in [-0.05, 0) is 19.8 Å². The van der Waals surface area contributed by atoms with Crippen molar-refractivity contribution in [2.45, 2.75) is 25.8 Å². The Labute approximate surface area is 101 Å². The summed E-state index contributed by atoms with van der Waals surface area (Å²) >= 11 is 0. The van der Waals surface area contributed by atoms with E-state index in [1.165, 1.54) is 6.42 Å². The van der Waals surface area contributed by atoms with E-state index in [-0.39, 0.29) is 6.04 Å². The smallest absolute Gasteiger partial charge is 0.318 e. The van der Waals surface area contributed by atoms with Crippen molar-refractivity contribution in [1.29, 1.82) is 0 Å². The molecule has 0 bridgehead atoms. The monoisotopic (exact) mass is 240 g/mol. The molecule has 6 nitrogen and oxygen atoms in total. The molecule has 1 aromatic rings. The lowest BCUT2D eigenvalue weighted by atomic mass is 9.99. The van der Waals surface area contributed by atoms with E-state index >= 15 is 0 Å². The normalized spacial score (nSPS) is 22.8. The highest BCUT2D eigenvalue weighted by Crippen LogP contribution is 2.23. The lowest BCUT2D eigenvalue weighted by molar-refractivity contribution is 0.142. The number of methoxy groups -OCH3 is 1. The summed E-state index contributed by atoms with van der Waals surface area (Å²) in [5.74, 6) is 1.04. The SMILES string of the molecule is COCC1CCCN(c2nnc(C(C)N)o2)C1. The fourth-order valence-corrected chi connectivity index (χ4v) is 2.15. The molecule has 0 aliphatic carbocycles. The van der Waals surface area contributed by atoms with Gasteiger partial charge in [-0.3, -0.25) is 0 Å². The molecule has 0 spiro atoms. The van der Waals surface area contributed by atoms with Crippen molar-refractivity contribution < 1.29 is 9.15 Å². The molecule has 1 aliphatic heterocycles. The number of ether oxygens (including phenoxy) is 1. The number of nitrogens with zero attached hydrogens (tertiary/aromatic N) is 3. The van der Waals surface area contributed by atoms with Gasteiger partial charge < -0.3 is 19.8 Å². The van der Waals surface area contributed by atoms with E-state index in [2.05, 4.69) is 15.1 Å². The molecule has 1 saturated heterocycles. The van der Waals surface area contributed by atoms with Crippen LogP contribution in [0.25, 0.3) is 0 Å². The first-order valence-electron chi connectivity index (χ1n) is 6.03. The van der Waals surface area contributed by atoms with Gasteiger partial charge in [0.15, 0.2) is 0 Å². The van der Waals surface area contributed by atoms with Crippen molar-refractivity contribution in [2.75, 3.05) is 31.7 Å². The Kier molecular flexibility index (Phi) is 3.96. The van der Waals surface area contributed by atoms with Crippen molar-refractivity contribution >= 4 is 6.01 Å². The number of hydrogen-bond acceptors (Lipinski definition) is 6. The van der Waals surface area contributed by atoms with Crippen LogP contribution in [0.1, 0.15) is 31.7 Å². The summed E-state index contributed by atoms with van der Waals surface area (Å²) in [4.78, 5) is 2.12. The Morgan fingerprint density at radius 2 is 2.41 bits per heavy atom. The quantitative estimate of drug-likeness (QED) is 0.844. The molecule has 2 unspecified atom stereocenters. The number of nitrogens with two attached hydrogens (primary N) is 1. The predicted octanol–water partition coefficient (Wildman–Crippen LogP) is 0.952. The van der Waals surface area contributed by atoms with Crippen LogP contribution < -0.4 is 10.6 Å². The van der Waals surface area contributed by atoms with Crippen molar-refractivity contribution in [3.05, 3.63) is 5.89 Å². The fraction of sp³-hybridized carbons (Fsp3) is 0.818. The summed E-state index contributed by atoms with van der Waals surface area (Å²) in [6, 6.07) is 0.369. The molecule has 1 aromatic heterocycles. The zero-order chi connectivity index (χ0) is 12.3. The van der Waals surface area contributed by atoms with Crippen LogP contribution in [0.5, 0.6) is 0 Å². The standard InChI is InChI=1S/C11H20N4O2/c1-8(12)10-13-14-11(17-10)15-5-3-4-9(6-15)7-16-2/h8-9H,3-7,12H2,1-2H3. The molecule has 0 saturated carbocycles. The number of anilines is 1. The third kappa shape index (κ3) is 2.95. The zero-order valence-corrected chi connectivity index (χ0v) is 10.4. The van der Waals surface area contributed by atoms with E-state index < -0.39 is 0 Å². The van der Waals surface area contributed by atoms with Crippen LogP contribution in [-0.2, 0) is 4.74 Å². The van der Waals surface area contributed by atoms with Gasteiger partial charge in [-0.2, -0.15) is 0 Å². The van der Waals surface area contributed by atoms with E-state index in [1.807, 2.05) is 6.92 Å². The maximum Gasteiger partial charge on any atom is 0.318 e. The fourth-order valence-electron chi connectivity index (χ4n) is 2.15. The van der Waals surface area contributed by atoms with Crippen molar-refractivity contribution in [2.24, 2.45) is 11.7 Å². The van der Waals surface area contributed by atoms with Crippen molar-refractivity contribution in [3.8, 4) is 0 Å². The first-order valence-corrected chi connectivity index (χ1v) is 6.03. The van der Waals surface area contributed by atoms with E-state index in [0.717, 1.165) is 26.1 Å². The minimum Gasteiger partial charge on any atom is -0.406 e. The molecule has 17 heavy (non-hydrogen) atoms. The van der Waals surface area contributed by atoms with E-state index in [9.17, 15) is 0 Å². The largest absolute Gasteiger partial charge is 0.406 e. The minimum absolute atomic E-state index is 0.212. The van der Waals surface area contributed by atoms with Crippen molar-refractivity contribution in [3.63, 3.8) is 0 Å². The van der Waals surface area contributed by atoms with Gasteiger partial charge >= 0.3 is 6.01 Å². The molecular formula is C11H20N4O2. The first-order chi connectivity index (χ1) is 8.20. The van der Waals surface area contributed by atoms with Gasteiger partial charge in [0.25, 0.3) is 0 Å². The second-order valence-corrected chi connectivity index (χ2v) is 4.62. The number of aromatic nitrogens is 2. The number of rotatable bonds is 4. The van der Waals surface area contributed by atoms with Gasteiger partial charge in [0.2, 0.25) is 5.89 Å². The topological polar surface area (TPSA) is 77.4 Å². The highest BCUT2D eigenvalue weighted by Gasteiger charge is 2.24. The first kappa shape index (κ1) is 12.3. The van der Waals surface area contributed by atoms with E-state index in [0.29, 0.717) is 17.8 Å². The number of hydrogen-bond donors (Lipinski definition) is 1. The molecule has 6 heteroatoms. The Hall–Kier alpha value is -1.14. The molecule has 2 atom stereocenters. The van der Waals surface area contributed by atoms with Crippen LogP contribution in [-0.4, -0.2) is 37.0 Å². The summed E-state index contributed by atoms with van der Waals surface area (Å²) in [6.07, 6.45) is 2.32. The van der Waals surface area contributed by atoms with Gasteiger partial charge in [0.05, 0.1) is 12.6 Å². The molecule has 0 aromatic carbocycles. The van der Waals surface area contributed by atoms with Gasteiger partial charge in [0.1, 0.15) is 0 Å². The minimum atomic E-state index is -0.212.